The van der Waals surface area contributed by atoms with Gasteiger partial charge in [0.15, 0.2) is 0 Å². The average molecular weight is 319 g/mol. The van der Waals surface area contributed by atoms with Gasteiger partial charge in [-0.25, -0.2) is 13.4 Å². The van der Waals surface area contributed by atoms with Crippen LogP contribution in [0.5, 0.6) is 0 Å². The predicted molar refractivity (Wildman–Crippen MR) is 86.3 cm³/mol. The van der Waals surface area contributed by atoms with E-state index in [1.165, 1.54) is 11.1 Å². The van der Waals surface area contributed by atoms with Gasteiger partial charge in [0.2, 0.25) is 0 Å². The molecule has 0 aromatic carbocycles. The Kier molecular flexibility index (Phi) is 5.38. The Morgan fingerprint density at radius 3 is 2.25 bits per heavy atom. The number of rotatable bonds is 5. The van der Waals surface area contributed by atoms with Crippen molar-refractivity contribution in [2.75, 3.05) is 12.0 Å². The number of thiazole rings is 1. The molecule has 0 aliphatic carbocycles. The van der Waals surface area contributed by atoms with Gasteiger partial charge in [0.25, 0.3) is 0 Å². The van der Waals surface area contributed by atoms with Gasteiger partial charge < -0.3 is 5.32 Å². The maximum atomic E-state index is 11.3. The summed E-state index contributed by atoms with van der Waals surface area (Å²) in [5.74, 6) is 0.154. The van der Waals surface area contributed by atoms with E-state index < -0.39 is 9.84 Å². The Hall–Kier alpha value is -0.460. The maximum absolute atomic E-state index is 11.3. The number of sulfone groups is 1. The van der Waals surface area contributed by atoms with Crippen molar-refractivity contribution in [1.29, 1.82) is 0 Å². The van der Waals surface area contributed by atoms with Gasteiger partial charge in [0.1, 0.15) is 9.84 Å². The van der Waals surface area contributed by atoms with E-state index in [4.69, 9.17) is 0 Å². The molecule has 0 spiro atoms. The van der Waals surface area contributed by atoms with Crippen molar-refractivity contribution in [3.05, 3.63) is 15.6 Å². The summed E-state index contributed by atoms with van der Waals surface area (Å²) in [6, 6.07) is 0.0416. The van der Waals surface area contributed by atoms with Crippen LogP contribution in [0.4, 0.5) is 0 Å². The number of nitrogens with one attached hydrogen (secondary N) is 1. The summed E-state index contributed by atoms with van der Waals surface area (Å²) in [7, 11) is -2.95. The molecule has 1 rings (SSSR count). The Morgan fingerprint density at radius 1 is 1.30 bits per heavy atom. The second-order valence-corrected chi connectivity index (χ2v) is 9.82. The molecule has 2 unspecified atom stereocenters. The van der Waals surface area contributed by atoms with Crippen molar-refractivity contribution in [2.24, 2.45) is 0 Å². The molecule has 20 heavy (non-hydrogen) atoms. The van der Waals surface area contributed by atoms with Crippen molar-refractivity contribution >= 4 is 21.2 Å². The van der Waals surface area contributed by atoms with E-state index in [9.17, 15) is 8.42 Å². The van der Waals surface area contributed by atoms with E-state index in [1.54, 1.807) is 11.3 Å². The lowest BCUT2D eigenvalue weighted by molar-refractivity contribution is 0.504. The summed E-state index contributed by atoms with van der Waals surface area (Å²) in [5.41, 5.74) is 1.08. The number of aromatic nitrogens is 1. The highest BCUT2D eigenvalue weighted by molar-refractivity contribution is 7.90. The molecule has 1 N–H and O–H groups in total. The number of aryl methyl sites for hydroxylation is 1. The molecule has 2 atom stereocenters. The summed E-state index contributed by atoms with van der Waals surface area (Å²) in [6.07, 6.45) is 1.27. The Morgan fingerprint density at radius 2 is 1.85 bits per heavy atom. The quantitative estimate of drug-likeness (QED) is 0.907. The molecule has 6 heteroatoms. The molecule has 1 aromatic heterocycles. The van der Waals surface area contributed by atoms with Crippen LogP contribution in [-0.4, -0.2) is 31.5 Å². The van der Waals surface area contributed by atoms with Gasteiger partial charge in [-0.05, 0) is 20.8 Å². The molecule has 0 radical (unpaired) electrons. The Bertz CT molecular complexity index is 556. The second-order valence-electron chi connectivity index (χ2n) is 6.60. The van der Waals surface area contributed by atoms with Crippen LogP contribution in [-0.2, 0) is 15.3 Å². The summed E-state index contributed by atoms with van der Waals surface area (Å²) >= 11 is 1.71. The molecule has 0 fully saturated rings. The third-order valence-corrected chi connectivity index (χ3v) is 5.83. The van der Waals surface area contributed by atoms with Gasteiger partial charge in [0, 0.05) is 28.6 Å². The fourth-order valence-corrected chi connectivity index (χ4v) is 4.28. The molecule has 0 aliphatic heterocycles. The standard InChI is InChI=1S/C14H26N2O2S2/c1-9(8-20(7,17)18)15-10(2)12-11(3)16-13(19-12)14(4,5)6/h9-10,15H,8H2,1-7H3. The highest BCUT2D eigenvalue weighted by atomic mass is 32.2. The van der Waals surface area contributed by atoms with Gasteiger partial charge in [-0.3, -0.25) is 0 Å². The molecule has 116 valence electrons. The van der Waals surface area contributed by atoms with Crippen LogP contribution < -0.4 is 5.32 Å². The summed E-state index contributed by atoms with van der Waals surface area (Å²) in [6.45, 7) is 12.4. The molecule has 0 aliphatic rings. The zero-order valence-electron chi connectivity index (χ0n) is 13.4. The van der Waals surface area contributed by atoms with Crippen LogP contribution in [0, 0.1) is 6.92 Å². The first kappa shape index (κ1) is 17.6. The van der Waals surface area contributed by atoms with E-state index in [2.05, 4.69) is 38.0 Å². The van der Waals surface area contributed by atoms with Gasteiger partial charge in [-0.2, -0.15) is 0 Å². The zero-order chi connectivity index (χ0) is 15.7. The molecule has 0 saturated carbocycles. The third-order valence-electron chi connectivity index (χ3n) is 2.95. The van der Waals surface area contributed by atoms with Crippen molar-refractivity contribution in [2.45, 2.75) is 59.0 Å². The van der Waals surface area contributed by atoms with Crippen LogP contribution in [0.2, 0.25) is 0 Å². The SMILES string of the molecule is Cc1nc(C(C)(C)C)sc1C(C)NC(C)CS(C)(=O)=O. The molecule has 0 bridgehead atoms. The smallest absolute Gasteiger partial charge is 0.148 e. The second kappa shape index (κ2) is 6.12. The van der Waals surface area contributed by atoms with Crippen molar-refractivity contribution < 1.29 is 8.42 Å². The first-order chi connectivity index (χ1) is 8.90. The maximum Gasteiger partial charge on any atom is 0.148 e. The molecular formula is C14H26N2O2S2. The van der Waals surface area contributed by atoms with E-state index in [0.29, 0.717) is 0 Å². The third kappa shape index (κ3) is 5.14. The van der Waals surface area contributed by atoms with Crippen LogP contribution in [0.25, 0.3) is 0 Å². The summed E-state index contributed by atoms with van der Waals surface area (Å²) in [5, 5.41) is 4.47. The highest BCUT2D eigenvalue weighted by Crippen LogP contribution is 2.32. The van der Waals surface area contributed by atoms with Crippen LogP contribution in [0.1, 0.15) is 56.2 Å². The van der Waals surface area contributed by atoms with E-state index >= 15 is 0 Å². The van der Waals surface area contributed by atoms with Crippen molar-refractivity contribution in [3.63, 3.8) is 0 Å². The van der Waals surface area contributed by atoms with Crippen LogP contribution in [0.3, 0.4) is 0 Å². The first-order valence-electron chi connectivity index (χ1n) is 6.81. The lowest BCUT2D eigenvalue weighted by atomic mass is 9.98. The number of hydrogen-bond donors (Lipinski definition) is 1. The number of hydrogen-bond acceptors (Lipinski definition) is 5. The summed E-state index contributed by atoms with van der Waals surface area (Å²) < 4.78 is 22.6. The first-order valence-corrected chi connectivity index (χ1v) is 9.69. The van der Waals surface area contributed by atoms with Gasteiger partial charge in [0.05, 0.1) is 16.5 Å². The molecule has 0 amide bonds. The van der Waals surface area contributed by atoms with Crippen LogP contribution >= 0.6 is 11.3 Å². The molecule has 1 heterocycles. The van der Waals surface area contributed by atoms with E-state index in [0.717, 1.165) is 10.7 Å². The zero-order valence-corrected chi connectivity index (χ0v) is 15.1. The summed E-state index contributed by atoms with van der Waals surface area (Å²) in [4.78, 5) is 5.84. The highest BCUT2D eigenvalue weighted by Gasteiger charge is 2.23. The van der Waals surface area contributed by atoms with E-state index in [-0.39, 0.29) is 23.3 Å². The normalized spacial score (nSPS) is 16.1. The Balaban J connectivity index is 2.83. The molecule has 0 saturated heterocycles. The fourth-order valence-electron chi connectivity index (χ4n) is 2.14. The fraction of sp³-hybridized carbons (Fsp3) is 0.786. The number of nitrogens with zero attached hydrogens (tertiary/aromatic N) is 1. The topological polar surface area (TPSA) is 59.1 Å². The van der Waals surface area contributed by atoms with Gasteiger partial charge in [-0.1, -0.05) is 20.8 Å². The van der Waals surface area contributed by atoms with Crippen molar-refractivity contribution in [1.82, 2.24) is 10.3 Å². The van der Waals surface area contributed by atoms with Gasteiger partial charge in [-0.15, -0.1) is 11.3 Å². The minimum Gasteiger partial charge on any atom is -0.306 e. The molecular weight excluding hydrogens is 292 g/mol. The van der Waals surface area contributed by atoms with E-state index in [1.807, 2.05) is 13.8 Å². The van der Waals surface area contributed by atoms with Crippen LogP contribution in [0.15, 0.2) is 0 Å². The van der Waals surface area contributed by atoms with Gasteiger partial charge >= 0.3 is 0 Å². The lowest BCUT2D eigenvalue weighted by Crippen LogP contribution is -2.34. The minimum absolute atomic E-state index is 0.0474. The average Bonchev–Trinajstić information content (AvgIpc) is 2.56. The molecule has 1 aromatic rings. The van der Waals surface area contributed by atoms with Crippen molar-refractivity contribution in [3.8, 4) is 0 Å². The lowest BCUT2D eigenvalue weighted by Gasteiger charge is -2.19. The molecule has 4 nitrogen and oxygen atoms in total. The predicted octanol–water partition coefficient (Wildman–Crippen LogP) is 2.83. The monoisotopic (exact) mass is 318 g/mol. The largest absolute Gasteiger partial charge is 0.306 e. The minimum atomic E-state index is -2.95. The Labute approximate surface area is 126 Å².